The van der Waals surface area contributed by atoms with Crippen LogP contribution in [0, 0.1) is 5.92 Å². The van der Waals surface area contributed by atoms with Crippen LogP contribution >= 0.6 is 11.6 Å². The van der Waals surface area contributed by atoms with Crippen molar-refractivity contribution < 1.29 is 27.6 Å². The van der Waals surface area contributed by atoms with E-state index in [1.54, 1.807) is 9.80 Å². The summed E-state index contributed by atoms with van der Waals surface area (Å²) in [5.74, 6) is -0.628. The first kappa shape index (κ1) is 29.9. The highest BCUT2D eigenvalue weighted by Crippen LogP contribution is 2.41. The normalized spacial score (nSPS) is 17.4. The molecule has 234 valence electrons. The molecular formula is C28H31ClF3N9O3. The van der Waals surface area contributed by atoms with E-state index in [1.165, 1.54) is 46.9 Å². The number of benzene rings is 1. The van der Waals surface area contributed by atoms with Crippen molar-refractivity contribution in [2.75, 3.05) is 51.1 Å². The van der Waals surface area contributed by atoms with Gasteiger partial charge in [0.1, 0.15) is 0 Å². The molecule has 1 aromatic carbocycles. The topological polar surface area (TPSA) is 129 Å². The number of piperazine rings is 1. The number of carbonyl (C=O) groups is 3. The van der Waals surface area contributed by atoms with E-state index in [-0.39, 0.29) is 51.3 Å². The van der Waals surface area contributed by atoms with E-state index in [0.717, 1.165) is 25.9 Å². The van der Waals surface area contributed by atoms with E-state index in [4.69, 9.17) is 11.6 Å². The average molecular weight is 634 g/mol. The van der Waals surface area contributed by atoms with Crippen molar-refractivity contribution >= 4 is 35.1 Å². The van der Waals surface area contributed by atoms with E-state index in [2.05, 4.69) is 26.0 Å². The molecule has 0 unspecified atom stereocenters. The van der Waals surface area contributed by atoms with Gasteiger partial charge in [-0.1, -0.05) is 11.6 Å². The molecule has 0 radical (unpaired) electrons. The van der Waals surface area contributed by atoms with E-state index < -0.39 is 17.8 Å². The van der Waals surface area contributed by atoms with Crippen LogP contribution < -0.4 is 16.0 Å². The van der Waals surface area contributed by atoms with E-state index in [0.29, 0.717) is 38.6 Å². The van der Waals surface area contributed by atoms with Gasteiger partial charge in [0.2, 0.25) is 0 Å². The van der Waals surface area contributed by atoms with Gasteiger partial charge in [0.05, 0.1) is 34.1 Å². The molecule has 3 N–H and O–H groups in total. The number of urea groups is 1. The number of halogens is 4. The Bertz CT molecular complexity index is 1590. The fourth-order valence-electron chi connectivity index (χ4n) is 5.26. The summed E-state index contributed by atoms with van der Waals surface area (Å²) in [5.41, 5.74) is -0.565. The Labute approximate surface area is 255 Å². The zero-order valence-corrected chi connectivity index (χ0v) is 24.6. The monoisotopic (exact) mass is 633 g/mol. The second-order valence-electron chi connectivity index (χ2n) is 11.3. The second-order valence-corrected chi connectivity index (χ2v) is 11.7. The van der Waals surface area contributed by atoms with Gasteiger partial charge in [0, 0.05) is 70.7 Å². The highest BCUT2D eigenvalue weighted by Gasteiger charge is 2.40. The molecule has 0 atom stereocenters. The molecule has 4 heterocycles. The van der Waals surface area contributed by atoms with Crippen molar-refractivity contribution in [3.63, 3.8) is 0 Å². The largest absolute Gasteiger partial charge is 0.435 e. The van der Waals surface area contributed by atoms with Gasteiger partial charge < -0.3 is 30.3 Å². The third kappa shape index (κ3) is 6.11. The van der Waals surface area contributed by atoms with Crippen LogP contribution in [0.2, 0.25) is 5.02 Å². The van der Waals surface area contributed by atoms with Gasteiger partial charge in [0.15, 0.2) is 11.5 Å². The molecule has 2 aromatic heterocycles. The Morgan fingerprint density at radius 3 is 2.41 bits per heavy atom. The van der Waals surface area contributed by atoms with Crippen LogP contribution in [0.1, 0.15) is 45.6 Å². The quantitative estimate of drug-likeness (QED) is 0.367. The molecule has 6 rings (SSSR count). The number of alkyl halides is 3. The van der Waals surface area contributed by atoms with Gasteiger partial charge >= 0.3 is 12.2 Å². The van der Waals surface area contributed by atoms with Crippen molar-refractivity contribution in [2.45, 2.75) is 25.1 Å². The summed E-state index contributed by atoms with van der Waals surface area (Å²) < 4.78 is 43.8. The number of carbonyl (C=O) groups excluding carboxylic acids is 3. The first-order valence-electron chi connectivity index (χ1n) is 14.3. The minimum absolute atomic E-state index is 0.0593. The highest BCUT2D eigenvalue weighted by atomic mass is 35.5. The fraction of sp³-hybridized carbons (Fsp3) is 0.464. The van der Waals surface area contributed by atoms with Crippen LogP contribution in [0.5, 0.6) is 0 Å². The van der Waals surface area contributed by atoms with Crippen molar-refractivity contribution in [1.82, 2.24) is 39.8 Å². The smallest absolute Gasteiger partial charge is 0.338 e. The fourth-order valence-corrected chi connectivity index (χ4v) is 5.52. The van der Waals surface area contributed by atoms with Crippen molar-refractivity contribution in [1.29, 1.82) is 0 Å². The Balaban J connectivity index is 1.08. The van der Waals surface area contributed by atoms with E-state index in [9.17, 15) is 27.6 Å². The standard InChI is InChI=1S/C28H31ClF3N9O3/c1-38-22(20-15-41(18-3-4-18)37-23(20)28(30,31)32)14-34-24(38)25(42)36-17-2-5-19(21(29)10-17)26(43)39-6-8-40(9-7-39)27(44)35-13-16-11-33-12-16/h2,5,10,14-16,18,33H,3-4,6-9,11-13H2,1H3,(H,35,44)(H,36,42). The number of hydrogen-bond acceptors (Lipinski definition) is 6. The van der Waals surface area contributed by atoms with Gasteiger partial charge in [0.25, 0.3) is 11.8 Å². The number of nitrogens with zero attached hydrogens (tertiary/aromatic N) is 6. The van der Waals surface area contributed by atoms with Gasteiger partial charge in [-0.3, -0.25) is 14.3 Å². The molecule has 1 saturated carbocycles. The maximum Gasteiger partial charge on any atom is 0.435 e. The number of aromatic nitrogens is 4. The SMILES string of the molecule is Cn1c(-c2cn(C3CC3)nc2C(F)(F)F)cnc1C(=O)Nc1ccc(C(=O)N2CCN(C(=O)NCC3CNC3)CC2)c(Cl)c1. The Kier molecular flexibility index (Phi) is 8.01. The number of anilines is 1. The lowest BCUT2D eigenvalue weighted by atomic mass is 10.0. The molecule has 1 aliphatic carbocycles. The van der Waals surface area contributed by atoms with Gasteiger partial charge in [-0.05, 0) is 31.0 Å². The number of hydrogen-bond donors (Lipinski definition) is 3. The maximum absolute atomic E-state index is 13.7. The summed E-state index contributed by atoms with van der Waals surface area (Å²) in [5, 5.41) is 12.6. The summed E-state index contributed by atoms with van der Waals surface area (Å²) in [6, 6.07) is 4.24. The lowest BCUT2D eigenvalue weighted by Gasteiger charge is -2.35. The predicted octanol–water partition coefficient (Wildman–Crippen LogP) is 3.23. The third-order valence-corrected chi connectivity index (χ3v) is 8.42. The lowest BCUT2D eigenvalue weighted by molar-refractivity contribution is -0.141. The molecule has 0 spiro atoms. The first-order chi connectivity index (χ1) is 21.0. The molecule has 2 aliphatic heterocycles. The molecular weight excluding hydrogens is 603 g/mol. The van der Waals surface area contributed by atoms with E-state index >= 15 is 0 Å². The van der Waals surface area contributed by atoms with Crippen LogP contribution in [-0.2, 0) is 13.2 Å². The molecule has 0 bridgehead atoms. The summed E-state index contributed by atoms with van der Waals surface area (Å²) >= 11 is 6.44. The molecule has 16 heteroatoms. The lowest BCUT2D eigenvalue weighted by Crippen LogP contribution is -2.55. The molecule has 3 fully saturated rings. The summed E-state index contributed by atoms with van der Waals surface area (Å²) in [4.78, 5) is 46.0. The average Bonchev–Trinajstić information content (AvgIpc) is 3.59. The summed E-state index contributed by atoms with van der Waals surface area (Å²) in [6.45, 7) is 3.90. The van der Waals surface area contributed by atoms with Crippen LogP contribution in [-0.4, -0.2) is 92.8 Å². The van der Waals surface area contributed by atoms with E-state index in [1.807, 2.05) is 0 Å². The Hall–Kier alpha value is -4.11. The van der Waals surface area contributed by atoms with Crippen LogP contribution in [0.3, 0.4) is 0 Å². The molecule has 12 nitrogen and oxygen atoms in total. The number of rotatable bonds is 7. The molecule has 3 aromatic rings. The number of imidazole rings is 1. The zero-order valence-electron chi connectivity index (χ0n) is 23.8. The number of amides is 4. The van der Waals surface area contributed by atoms with Gasteiger partial charge in [-0.15, -0.1) is 0 Å². The van der Waals surface area contributed by atoms with Crippen molar-refractivity contribution in [2.24, 2.45) is 13.0 Å². The van der Waals surface area contributed by atoms with Crippen LogP contribution in [0.25, 0.3) is 11.3 Å². The minimum Gasteiger partial charge on any atom is -0.338 e. The zero-order chi connectivity index (χ0) is 31.2. The van der Waals surface area contributed by atoms with Crippen molar-refractivity contribution in [3.05, 3.63) is 52.7 Å². The Morgan fingerprint density at radius 1 is 1.09 bits per heavy atom. The maximum atomic E-state index is 13.7. The minimum atomic E-state index is -4.67. The highest BCUT2D eigenvalue weighted by molar-refractivity contribution is 6.34. The third-order valence-electron chi connectivity index (χ3n) is 8.11. The number of nitrogens with one attached hydrogen (secondary N) is 3. The second kappa shape index (κ2) is 11.8. The first-order valence-corrected chi connectivity index (χ1v) is 14.7. The van der Waals surface area contributed by atoms with Crippen molar-refractivity contribution in [3.8, 4) is 11.3 Å². The van der Waals surface area contributed by atoms with Crippen LogP contribution in [0.4, 0.5) is 23.7 Å². The molecule has 4 amide bonds. The van der Waals surface area contributed by atoms with Gasteiger partial charge in [-0.25, -0.2) is 9.78 Å². The summed E-state index contributed by atoms with van der Waals surface area (Å²) in [6.07, 6.45) is -0.593. The van der Waals surface area contributed by atoms with Gasteiger partial charge in [-0.2, -0.15) is 18.3 Å². The predicted molar refractivity (Wildman–Crippen MR) is 154 cm³/mol. The molecule has 44 heavy (non-hydrogen) atoms. The summed E-state index contributed by atoms with van der Waals surface area (Å²) in [7, 11) is 1.45. The Morgan fingerprint density at radius 2 is 1.80 bits per heavy atom. The molecule has 3 aliphatic rings. The molecule has 2 saturated heterocycles. The van der Waals surface area contributed by atoms with Crippen LogP contribution in [0.15, 0.2) is 30.6 Å².